The fourth-order valence-electron chi connectivity index (χ4n) is 1.69. The van der Waals surface area contributed by atoms with E-state index in [0.717, 1.165) is 4.47 Å². The van der Waals surface area contributed by atoms with Gasteiger partial charge >= 0.3 is 0 Å². The van der Waals surface area contributed by atoms with Crippen molar-refractivity contribution in [3.05, 3.63) is 57.4 Å². The van der Waals surface area contributed by atoms with Gasteiger partial charge in [-0.15, -0.1) is 0 Å². The Balaban J connectivity index is 2.07. The largest absolute Gasteiger partial charge is 0.466 e. The van der Waals surface area contributed by atoms with Crippen molar-refractivity contribution in [2.75, 3.05) is 6.54 Å². The molecule has 2 rings (SSSR count). The van der Waals surface area contributed by atoms with Crippen molar-refractivity contribution in [3.63, 3.8) is 0 Å². The van der Waals surface area contributed by atoms with Gasteiger partial charge in [-0.05, 0) is 37.3 Å². The van der Waals surface area contributed by atoms with Gasteiger partial charge in [0, 0.05) is 4.47 Å². The van der Waals surface area contributed by atoms with E-state index in [-0.39, 0.29) is 12.5 Å². The summed E-state index contributed by atoms with van der Waals surface area (Å²) in [7, 11) is 0. The van der Waals surface area contributed by atoms with E-state index in [4.69, 9.17) is 16.0 Å². The first kappa shape index (κ1) is 15.1. The maximum Gasteiger partial charge on any atom is 0.252 e. The number of carbonyl (C=O) groups excluding carboxylic acids is 1. The van der Waals surface area contributed by atoms with Crippen molar-refractivity contribution >= 4 is 33.4 Å². The average Bonchev–Trinajstić information content (AvgIpc) is 2.93. The first-order valence-corrected chi connectivity index (χ1v) is 7.07. The number of hydrogen-bond donors (Lipinski definition) is 2. The SMILES string of the molecule is CC(O)(CNC(=O)c1cc(Br)ccc1Cl)c1ccco1. The summed E-state index contributed by atoms with van der Waals surface area (Å²) in [6, 6.07) is 8.33. The van der Waals surface area contributed by atoms with Gasteiger partial charge in [0.05, 0.1) is 23.4 Å². The molecule has 0 radical (unpaired) electrons. The molecule has 106 valence electrons. The zero-order valence-corrected chi connectivity index (χ0v) is 13.0. The molecular weight excluding hydrogens is 346 g/mol. The maximum atomic E-state index is 12.1. The highest BCUT2D eigenvalue weighted by atomic mass is 79.9. The van der Waals surface area contributed by atoms with E-state index in [1.807, 2.05) is 0 Å². The van der Waals surface area contributed by atoms with Crippen molar-refractivity contribution in [1.29, 1.82) is 0 Å². The van der Waals surface area contributed by atoms with Gasteiger partial charge in [0.1, 0.15) is 11.4 Å². The molecule has 0 aliphatic carbocycles. The predicted octanol–water partition coefficient (Wildman–Crippen LogP) is 3.33. The van der Waals surface area contributed by atoms with Crippen LogP contribution in [0.1, 0.15) is 23.0 Å². The van der Waals surface area contributed by atoms with Crippen LogP contribution in [0.4, 0.5) is 0 Å². The normalized spacial score (nSPS) is 13.8. The molecule has 0 aliphatic heterocycles. The van der Waals surface area contributed by atoms with E-state index >= 15 is 0 Å². The molecule has 0 spiro atoms. The third-order valence-electron chi connectivity index (χ3n) is 2.82. The Bertz CT molecular complexity index is 611. The quantitative estimate of drug-likeness (QED) is 0.881. The highest BCUT2D eigenvalue weighted by Gasteiger charge is 2.27. The first-order valence-electron chi connectivity index (χ1n) is 5.90. The Morgan fingerprint density at radius 2 is 2.25 bits per heavy atom. The summed E-state index contributed by atoms with van der Waals surface area (Å²) in [5, 5.41) is 13.2. The molecule has 1 unspecified atom stereocenters. The van der Waals surface area contributed by atoms with Crippen LogP contribution in [0.3, 0.4) is 0 Å². The lowest BCUT2D eigenvalue weighted by Crippen LogP contribution is -2.38. The minimum absolute atomic E-state index is 0.0161. The third-order valence-corrected chi connectivity index (χ3v) is 3.64. The minimum atomic E-state index is -1.28. The molecule has 0 aliphatic rings. The number of hydrogen-bond acceptors (Lipinski definition) is 3. The molecule has 1 heterocycles. The number of nitrogens with one attached hydrogen (secondary N) is 1. The van der Waals surface area contributed by atoms with Gasteiger partial charge in [-0.1, -0.05) is 27.5 Å². The topological polar surface area (TPSA) is 62.5 Å². The highest BCUT2D eigenvalue weighted by molar-refractivity contribution is 9.10. The van der Waals surface area contributed by atoms with E-state index in [9.17, 15) is 9.90 Å². The lowest BCUT2D eigenvalue weighted by Gasteiger charge is -2.21. The maximum absolute atomic E-state index is 12.1. The van der Waals surface area contributed by atoms with Crippen molar-refractivity contribution < 1.29 is 14.3 Å². The fourth-order valence-corrected chi connectivity index (χ4v) is 2.26. The van der Waals surface area contributed by atoms with Crippen molar-refractivity contribution in [1.82, 2.24) is 5.32 Å². The van der Waals surface area contributed by atoms with E-state index in [2.05, 4.69) is 21.2 Å². The molecule has 1 aromatic carbocycles. The van der Waals surface area contributed by atoms with Crippen molar-refractivity contribution in [2.24, 2.45) is 0 Å². The van der Waals surface area contributed by atoms with Crippen LogP contribution >= 0.6 is 27.5 Å². The Labute approximate surface area is 129 Å². The average molecular weight is 359 g/mol. The lowest BCUT2D eigenvalue weighted by atomic mass is 10.0. The molecule has 1 amide bonds. The van der Waals surface area contributed by atoms with Crippen LogP contribution < -0.4 is 5.32 Å². The van der Waals surface area contributed by atoms with Gasteiger partial charge in [0.2, 0.25) is 0 Å². The smallest absolute Gasteiger partial charge is 0.252 e. The third kappa shape index (κ3) is 3.42. The van der Waals surface area contributed by atoms with Gasteiger partial charge in [-0.25, -0.2) is 0 Å². The number of halogens is 2. The zero-order chi connectivity index (χ0) is 14.8. The van der Waals surface area contributed by atoms with Crippen molar-refractivity contribution in [3.8, 4) is 0 Å². The monoisotopic (exact) mass is 357 g/mol. The first-order chi connectivity index (χ1) is 9.40. The van der Waals surface area contributed by atoms with Crippen LogP contribution in [0.15, 0.2) is 45.5 Å². The Hall–Kier alpha value is -1.30. The second-order valence-corrected chi connectivity index (χ2v) is 5.88. The van der Waals surface area contributed by atoms with Gasteiger partial charge in [0.15, 0.2) is 0 Å². The Morgan fingerprint density at radius 1 is 1.50 bits per heavy atom. The lowest BCUT2D eigenvalue weighted by molar-refractivity contribution is 0.0330. The van der Waals surface area contributed by atoms with E-state index in [1.54, 1.807) is 37.3 Å². The van der Waals surface area contributed by atoms with Gasteiger partial charge in [0.25, 0.3) is 5.91 Å². The number of rotatable bonds is 4. The summed E-state index contributed by atoms with van der Waals surface area (Å²) in [5.74, 6) is 0.0290. The molecule has 0 bridgehead atoms. The molecule has 6 heteroatoms. The number of aliphatic hydroxyl groups is 1. The minimum Gasteiger partial charge on any atom is -0.466 e. The molecule has 1 atom stereocenters. The molecule has 0 saturated carbocycles. The Morgan fingerprint density at radius 3 is 2.90 bits per heavy atom. The second-order valence-electron chi connectivity index (χ2n) is 4.56. The van der Waals surface area contributed by atoms with Crippen LogP contribution in [-0.2, 0) is 5.60 Å². The van der Waals surface area contributed by atoms with Crippen LogP contribution in [0, 0.1) is 0 Å². The zero-order valence-electron chi connectivity index (χ0n) is 10.7. The second kappa shape index (κ2) is 5.99. The highest BCUT2D eigenvalue weighted by Crippen LogP contribution is 2.22. The number of benzene rings is 1. The molecule has 20 heavy (non-hydrogen) atoms. The van der Waals surface area contributed by atoms with Crippen LogP contribution in [0.25, 0.3) is 0 Å². The molecule has 4 nitrogen and oxygen atoms in total. The summed E-state index contributed by atoms with van der Waals surface area (Å²) in [5.41, 5.74) is -0.936. The summed E-state index contributed by atoms with van der Waals surface area (Å²) in [4.78, 5) is 12.1. The van der Waals surface area contributed by atoms with Crippen LogP contribution in [0.2, 0.25) is 5.02 Å². The fraction of sp³-hybridized carbons (Fsp3) is 0.214. The summed E-state index contributed by atoms with van der Waals surface area (Å²) < 4.78 is 5.90. The molecule has 1 aromatic heterocycles. The van der Waals surface area contributed by atoms with Crippen LogP contribution in [0.5, 0.6) is 0 Å². The summed E-state index contributed by atoms with van der Waals surface area (Å²) in [6.45, 7) is 1.58. The van der Waals surface area contributed by atoms with Crippen molar-refractivity contribution in [2.45, 2.75) is 12.5 Å². The molecule has 2 N–H and O–H groups in total. The number of amides is 1. The molecular formula is C14H13BrClNO3. The van der Waals surface area contributed by atoms with E-state index in [1.165, 1.54) is 6.26 Å². The number of carbonyl (C=O) groups is 1. The molecule has 0 saturated heterocycles. The Kier molecular flexibility index (Phi) is 4.52. The van der Waals surface area contributed by atoms with Crippen LogP contribution in [-0.4, -0.2) is 17.6 Å². The number of furan rings is 1. The van der Waals surface area contributed by atoms with Gasteiger partial charge in [-0.3, -0.25) is 4.79 Å². The van der Waals surface area contributed by atoms with E-state index in [0.29, 0.717) is 16.3 Å². The molecule has 2 aromatic rings. The van der Waals surface area contributed by atoms with Gasteiger partial charge < -0.3 is 14.8 Å². The standard InChI is InChI=1S/C14H13BrClNO3/c1-14(19,12-3-2-6-20-12)8-17-13(18)10-7-9(15)4-5-11(10)16/h2-7,19H,8H2,1H3,(H,17,18). The predicted molar refractivity (Wildman–Crippen MR) is 79.8 cm³/mol. The van der Waals surface area contributed by atoms with E-state index < -0.39 is 5.60 Å². The summed E-state index contributed by atoms with van der Waals surface area (Å²) in [6.07, 6.45) is 1.47. The molecule has 0 fully saturated rings. The summed E-state index contributed by atoms with van der Waals surface area (Å²) >= 11 is 9.26. The van der Waals surface area contributed by atoms with Gasteiger partial charge in [-0.2, -0.15) is 0 Å².